The average Bonchev–Trinajstić information content (AvgIpc) is 2.96. The van der Waals surface area contributed by atoms with Crippen molar-refractivity contribution in [3.05, 3.63) is 69.2 Å². The van der Waals surface area contributed by atoms with Gasteiger partial charge in [0.1, 0.15) is 28.3 Å². The molecule has 3 saturated carbocycles. The Morgan fingerprint density at radius 1 is 0.575 bits per heavy atom. The second-order valence-electron chi connectivity index (χ2n) is 13.1. The number of unbranched alkanes of at least 4 members (excludes halogenated alkanes) is 2. The van der Waals surface area contributed by atoms with Gasteiger partial charge >= 0.3 is 0 Å². The minimum absolute atomic E-state index is 0.0454. The molecule has 0 aliphatic heterocycles. The highest BCUT2D eigenvalue weighted by atomic mass is 35.5. The van der Waals surface area contributed by atoms with Crippen LogP contribution < -0.4 is 0 Å². The van der Waals surface area contributed by atoms with Gasteiger partial charge in [0.05, 0.1) is 0 Å². The van der Waals surface area contributed by atoms with Crippen LogP contribution in [0.15, 0.2) is 24.3 Å². The fraction of sp³-hybridized carbons (Fsp3) is 0.657. The smallest absolute Gasteiger partial charge is 0.145 e. The SMILES string of the molecule is CCCCCC1CCC(c2cc(F)c(C3CCC(C4CCC(c5cc(F)c(Cl)c(F)c5)CC4)CC3)c(F)c2)CC1. The Kier molecular flexibility index (Phi) is 10.2. The lowest BCUT2D eigenvalue weighted by atomic mass is 9.67. The van der Waals surface area contributed by atoms with Crippen molar-refractivity contribution in [2.24, 2.45) is 17.8 Å². The monoisotopic (exact) mass is 576 g/mol. The van der Waals surface area contributed by atoms with E-state index in [-0.39, 0.29) is 29.4 Å². The lowest BCUT2D eigenvalue weighted by Crippen LogP contribution is -2.25. The molecule has 0 atom stereocenters. The van der Waals surface area contributed by atoms with Gasteiger partial charge in [0.15, 0.2) is 0 Å². The summed E-state index contributed by atoms with van der Waals surface area (Å²) >= 11 is 5.66. The van der Waals surface area contributed by atoms with Gasteiger partial charge in [-0.3, -0.25) is 0 Å². The summed E-state index contributed by atoms with van der Waals surface area (Å²) in [5, 5.41) is -0.433. The molecule has 0 nitrogen and oxygen atoms in total. The molecule has 0 saturated heterocycles. The predicted octanol–water partition coefficient (Wildman–Crippen LogP) is 12.0. The maximum atomic E-state index is 15.4. The van der Waals surface area contributed by atoms with Crippen molar-refractivity contribution in [3.63, 3.8) is 0 Å². The van der Waals surface area contributed by atoms with Gasteiger partial charge in [-0.1, -0.05) is 44.2 Å². The highest BCUT2D eigenvalue weighted by Gasteiger charge is 2.34. The minimum atomic E-state index is -0.685. The second kappa shape index (κ2) is 13.6. The van der Waals surface area contributed by atoms with E-state index in [0.29, 0.717) is 23.0 Å². The summed E-state index contributed by atoms with van der Waals surface area (Å²) in [6.07, 6.45) is 17.1. The molecule has 220 valence electrons. The summed E-state index contributed by atoms with van der Waals surface area (Å²) in [5.41, 5.74) is 1.87. The van der Waals surface area contributed by atoms with E-state index in [4.69, 9.17) is 11.6 Å². The van der Waals surface area contributed by atoms with Crippen molar-refractivity contribution in [3.8, 4) is 0 Å². The van der Waals surface area contributed by atoms with Crippen LogP contribution in [0.3, 0.4) is 0 Å². The Morgan fingerprint density at radius 3 is 1.48 bits per heavy atom. The van der Waals surface area contributed by atoms with Gasteiger partial charge < -0.3 is 0 Å². The zero-order chi connectivity index (χ0) is 28.2. The molecule has 3 aliphatic rings. The molecular weight excluding hydrogens is 532 g/mol. The van der Waals surface area contributed by atoms with Crippen LogP contribution >= 0.6 is 11.6 Å². The standard InChI is InChI=1S/C35H45ClF4/c1-2-3-4-5-22-6-8-25(9-7-22)28-18-30(37)34(31(38)19-28)27-16-14-24(15-17-27)23-10-12-26(13-11-23)29-20-32(39)35(36)33(40)21-29/h18-27H,2-17H2,1H3. The molecule has 0 radical (unpaired) electrons. The van der Waals surface area contributed by atoms with Crippen molar-refractivity contribution in [1.82, 2.24) is 0 Å². The van der Waals surface area contributed by atoms with Gasteiger partial charge in [-0.15, -0.1) is 0 Å². The Hall–Kier alpha value is -1.55. The highest BCUT2D eigenvalue weighted by molar-refractivity contribution is 6.30. The first-order chi connectivity index (χ1) is 19.3. The van der Waals surface area contributed by atoms with Gasteiger partial charge in [0.2, 0.25) is 0 Å². The minimum Gasteiger partial charge on any atom is -0.207 e. The van der Waals surface area contributed by atoms with Crippen LogP contribution in [0.2, 0.25) is 5.02 Å². The molecule has 5 heteroatoms. The molecule has 3 aliphatic carbocycles. The van der Waals surface area contributed by atoms with Crippen LogP contribution in [0.1, 0.15) is 144 Å². The summed E-state index contributed by atoms with van der Waals surface area (Å²) in [6, 6.07) is 6.07. The third kappa shape index (κ3) is 6.90. The molecule has 0 amide bonds. The predicted molar refractivity (Wildman–Crippen MR) is 156 cm³/mol. The van der Waals surface area contributed by atoms with E-state index < -0.39 is 16.7 Å². The molecule has 2 aromatic rings. The first-order valence-corrected chi connectivity index (χ1v) is 16.3. The van der Waals surface area contributed by atoms with E-state index in [1.807, 2.05) is 0 Å². The fourth-order valence-electron chi connectivity index (χ4n) is 8.31. The first-order valence-electron chi connectivity index (χ1n) is 16.0. The molecule has 0 heterocycles. The molecular formula is C35H45ClF4. The molecule has 0 unspecified atom stereocenters. The van der Waals surface area contributed by atoms with Gasteiger partial charge in [-0.2, -0.15) is 0 Å². The first kappa shape index (κ1) is 29.9. The number of halogens is 5. The lowest BCUT2D eigenvalue weighted by molar-refractivity contribution is 0.175. The quantitative estimate of drug-likeness (QED) is 0.166. The van der Waals surface area contributed by atoms with E-state index in [1.165, 1.54) is 50.7 Å². The van der Waals surface area contributed by atoms with E-state index in [9.17, 15) is 8.78 Å². The molecule has 0 bridgehead atoms. The van der Waals surface area contributed by atoms with Crippen molar-refractivity contribution < 1.29 is 17.6 Å². The molecule has 2 aromatic carbocycles. The van der Waals surface area contributed by atoms with Crippen LogP contribution in [0.5, 0.6) is 0 Å². The molecule has 0 aromatic heterocycles. The largest absolute Gasteiger partial charge is 0.207 e. The maximum absolute atomic E-state index is 15.4. The van der Waals surface area contributed by atoms with E-state index in [1.54, 1.807) is 12.1 Å². The summed E-state index contributed by atoms with van der Waals surface area (Å²) in [6.45, 7) is 2.24. The second-order valence-corrected chi connectivity index (χ2v) is 13.5. The fourth-order valence-corrected chi connectivity index (χ4v) is 8.42. The highest BCUT2D eigenvalue weighted by Crippen LogP contribution is 2.47. The summed E-state index contributed by atoms with van der Waals surface area (Å²) in [5.74, 6) is 0.268. The zero-order valence-electron chi connectivity index (χ0n) is 24.0. The van der Waals surface area contributed by atoms with Crippen molar-refractivity contribution >= 4 is 11.6 Å². The van der Waals surface area contributed by atoms with Gasteiger partial charge in [-0.05, 0) is 148 Å². The summed E-state index contributed by atoms with van der Waals surface area (Å²) in [7, 11) is 0. The maximum Gasteiger partial charge on any atom is 0.145 e. The van der Waals surface area contributed by atoms with Gasteiger partial charge in [-0.25, -0.2) is 17.6 Å². The Labute approximate surface area is 243 Å². The van der Waals surface area contributed by atoms with Gasteiger partial charge in [0.25, 0.3) is 0 Å². The average molecular weight is 577 g/mol. The lowest BCUT2D eigenvalue weighted by Gasteiger charge is -2.38. The molecule has 5 rings (SSSR count). The summed E-state index contributed by atoms with van der Waals surface area (Å²) in [4.78, 5) is 0. The van der Waals surface area contributed by atoms with Crippen LogP contribution in [0.4, 0.5) is 17.6 Å². The van der Waals surface area contributed by atoms with Crippen molar-refractivity contribution in [2.75, 3.05) is 0 Å². The Bertz CT molecular complexity index is 1080. The number of hydrogen-bond donors (Lipinski definition) is 0. The van der Waals surface area contributed by atoms with Crippen LogP contribution in [-0.2, 0) is 0 Å². The van der Waals surface area contributed by atoms with Crippen LogP contribution in [-0.4, -0.2) is 0 Å². The number of hydrogen-bond acceptors (Lipinski definition) is 0. The van der Waals surface area contributed by atoms with Crippen molar-refractivity contribution in [2.45, 2.75) is 127 Å². The third-order valence-electron chi connectivity index (χ3n) is 10.7. The Morgan fingerprint density at radius 2 is 1.00 bits per heavy atom. The van der Waals surface area contributed by atoms with Crippen LogP contribution in [0.25, 0.3) is 0 Å². The number of rotatable bonds is 8. The Balaban J connectivity index is 1.12. The van der Waals surface area contributed by atoms with E-state index >= 15 is 8.78 Å². The molecule has 3 fully saturated rings. The molecule has 40 heavy (non-hydrogen) atoms. The topological polar surface area (TPSA) is 0 Å². The van der Waals surface area contributed by atoms with Crippen molar-refractivity contribution in [1.29, 1.82) is 0 Å². The third-order valence-corrected chi connectivity index (χ3v) is 11.1. The molecule has 0 spiro atoms. The number of benzene rings is 2. The van der Waals surface area contributed by atoms with E-state index in [2.05, 4.69) is 6.92 Å². The molecule has 0 N–H and O–H groups in total. The van der Waals surface area contributed by atoms with Gasteiger partial charge in [0, 0.05) is 5.56 Å². The summed E-state index contributed by atoms with van der Waals surface area (Å²) < 4.78 is 58.6. The van der Waals surface area contributed by atoms with E-state index in [0.717, 1.165) is 75.7 Å². The van der Waals surface area contributed by atoms with Crippen LogP contribution in [0, 0.1) is 41.0 Å². The zero-order valence-corrected chi connectivity index (χ0v) is 24.7. The normalized spacial score (nSPS) is 29.4.